The fraction of sp³-hybridized carbons (Fsp3) is 0.259. The number of amides is 1. The van der Waals surface area contributed by atoms with Crippen molar-refractivity contribution >= 4 is 34.4 Å². The van der Waals surface area contributed by atoms with Crippen LogP contribution in [-0.2, 0) is 6.42 Å². The number of nitrogens with zero attached hydrogens (tertiary/aromatic N) is 1. The first kappa shape index (κ1) is 21.2. The average molecular weight is 441 g/mol. The molecule has 1 heterocycles. The molecule has 4 N–H and O–H groups in total. The van der Waals surface area contributed by atoms with Gasteiger partial charge in [0.05, 0.1) is 5.69 Å². The largest absolute Gasteiger partial charge is 0.371 e. The number of nitrogens with one attached hydrogen (secondary N) is 2. The summed E-state index contributed by atoms with van der Waals surface area (Å²) in [5, 5.41) is 6.37. The molecule has 2 aliphatic rings. The second kappa shape index (κ2) is 9.08. The summed E-state index contributed by atoms with van der Waals surface area (Å²) in [4.78, 5) is 27.9. The minimum atomic E-state index is -0.215. The van der Waals surface area contributed by atoms with Gasteiger partial charge in [-0.05, 0) is 73.4 Å². The molecule has 0 unspecified atom stereocenters. The minimum absolute atomic E-state index is 0.0654. The lowest BCUT2D eigenvalue weighted by molar-refractivity contribution is 0.0995. The molecule has 1 amide bonds. The molecule has 5 rings (SSSR count). The normalized spacial score (nSPS) is 15.9. The Morgan fingerprint density at radius 1 is 0.879 bits per heavy atom. The lowest BCUT2D eigenvalue weighted by Crippen LogP contribution is -2.39. The molecule has 0 atom stereocenters. The number of hydrogen-bond acceptors (Lipinski definition) is 5. The number of carbonyl (C=O) groups is 2. The van der Waals surface area contributed by atoms with Crippen LogP contribution in [0, 0.1) is 0 Å². The van der Waals surface area contributed by atoms with Gasteiger partial charge in [0.25, 0.3) is 5.91 Å². The second-order valence-corrected chi connectivity index (χ2v) is 8.75. The quantitative estimate of drug-likeness (QED) is 0.533. The van der Waals surface area contributed by atoms with E-state index in [1.807, 2.05) is 66.7 Å². The van der Waals surface area contributed by atoms with E-state index in [9.17, 15) is 9.59 Å². The molecule has 3 aromatic carbocycles. The molecule has 168 valence electrons. The van der Waals surface area contributed by atoms with Gasteiger partial charge in [0.1, 0.15) is 0 Å². The van der Waals surface area contributed by atoms with Crippen molar-refractivity contribution in [2.45, 2.75) is 31.7 Å². The fourth-order valence-corrected chi connectivity index (χ4v) is 4.66. The number of nitrogens with two attached hydrogens (primary N) is 1. The third-order valence-corrected chi connectivity index (χ3v) is 6.53. The van der Waals surface area contributed by atoms with Crippen molar-refractivity contribution < 1.29 is 9.59 Å². The summed E-state index contributed by atoms with van der Waals surface area (Å²) in [6.45, 7) is 1.87. The van der Waals surface area contributed by atoms with E-state index in [0.29, 0.717) is 29.7 Å². The van der Waals surface area contributed by atoms with Crippen molar-refractivity contribution in [2.75, 3.05) is 28.6 Å². The number of carbonyl (C=O) groups excluding carboxylic acids is 2. The van der Waals surface area contributed by atoms with Crippen molar-refractivity contribution in [3.8, 4) is 0 Å². The van der Waals surface area contributed by atoms with Crippen LogP contribution in [0.4, 0.5) is 22.7 Å². The molecule has 33 heavy (non-hydrogen) atoms. The lowest BCUT2D eigenvalue weighted by Gasteiger charge is -2.32. The lowest BCUT2D eigenvalue weighted by atomic mass is 10.0. The summed E-state index contributed by atoms with van der Waals surface area (Å²) >= 11 is 0. The summed E-state index contributed by atoms with van der Waals surface area (Å²) < 4.78 is 0. The van der Waals surface area contributed by atoms with Crippen LogP contribution in [0.25, 0.3) is 0 Å². The van der Waals surface area contributed by atoms with Crippen LogP contribution in [0.2, 0.25) is 0 Å². The van der Waals surface area contributed by atoms with E-state index in [1.54, 1.807) is 0 Å². The maximum atomic E-state index is 13.0. The molecule has 0 bridgehead atoms. The Hall–Kier alpha value is -3.64. The van der Waals surface area contributed by atoms with Crippen molar-refractivity contribution in [1.29, 1.82) is 0 Å². The molecule has 0 aromatic heterocycles. The number of ketones is 1. The zero-order valence-corrected chi connectivity index (χ0v) is 18.5. The number of fused-ring (bicyclic) bond motifs is 1. The summed E-state index contributed by atoms with van der Waals surface area (Å²) in [5.41, 5.74) is 11.7. The van der Waals surface area contributed by atoms with E-state index in [4.69, 9.17) is 5.73 Å². The van der Waals surface area contributed by atoms with Gasteiger partial charge >= 0.3 is 0 Å². The van der Waals surface area contributed by atoms with E-state index in [1.165, 1.54) is 0 Å². The Labute approximate surface area is 193 Å². The highest BCUT2D eigenvalue weighted by Crippen LogP contribution is 2.36. The molecule has 0 saturated carbocycles. The number of benzene rings is 3. The highest BCUT2D eigenvalue weighted by molar-refractivity contribution is 6.12. The van der Waals surface area contributed by atoms with Gasteiger partial charge in [0, 0.05) is 53.7 Å². The highest BCUT2D eigenvalue weighted by Gasteiger charge is 2.27. The fourth-order valence-electron chi connectivity index (χ4n) is 4.66. The molecule has 1 fully saturated rings. The number of Topliss-reactive ketones (excluding diaryl/α,β-unsaturated/α-hetero) is 1. The van der Waals surface area contributed by atoms with E-state index in [-0.39, 0.29) is 17.7 Å². The predicted molar refractivity (Wildman–Crippen MR) is 133 cm³/mol. The molecule has 3 aromatic rings. The molecule has 0 radical (unpaired) electrons. The summed E-state index contributed by atoms with van der Waals surface area (Å²) in [6, 6.07) is 21.5. The smallest absolute Gasteiger partial charge is 0.255 e. The van der Waals surface area contributed by atoms with Crippen LogP contribution >= 0.6 is 0 Å². The molecule has 1 saturated heterocycles. The van der Waals surface area contributed by atoms with Gasteiger partial charge in [-0.2, -0.15) is 0 Å². The summed E-state index contributed by atoms with van der Waals surface area (Å²) in [7, 11) is 0. The SMILES string of the molecule is NC1CCN(c2ccc(C(=O)Nc3ccc(Nc4ccccc4)c4c3C(=O)CC4)cc2)CC1. The number of para-hydroxylation sites is 1. The summed E-state index contributed by atoms with van der Waals surface area (Å²) in [5.74, 6) is -0.149. The molecule has 1 aliphatic heterocycles. The third kappa shape index (κ3) is 4.47. The van der Waals surface area contributed by atoms with E-state index in [0.717, 1.165) is 48.6 Å². The first-order valence-corrected chi connectivity index (χ1v) is 11.5. The van der Waals surface area contributed by atoms with E-state index >= 15 is 0 Å². The van der Waals surface area contributed by atoms with Crippen molar-refractivity contribution in [3.63, 3.8) is 0 Å². The van der Waals surface area contributed by atoms with Crippen LogP contribution in [-0.4, -0.2) is 30.8 Å². The Morgan fingerprint density at radius 2 is 1.58 bits per heavy atom. The van der Waals surface area contributed by atoms with Crippen LogP contribution in [0.15, 0.2) is 66.7 Å². The topological polar surface area (TPSA) is 87.5 Å². The van der Waals surface area contributed by atoms with Crippen LogP contribution in [0.5, 0.6) is 0 Å². The monoisotopic (exact) mass is 440 g/mol. The van der Waals surface area contributed by atoms with Crippen LogP contribution in [0.3, 0.4) is 0 Å². The highest BCUT2D eigenvalue weighted by atomic mass is 16.1. The molecule has 1 aliphatic carbocycles. The minimum Gasteiger partial charge on any atom is -0.371 e. The maximum absolute atomic E-state index is 13.0. The third-order valence-electron chi connectivity index (χ3n) is 6.53. The van der Waals surface area contributed by atoms with Crippen molar-refractivity contribution in [2.24, 2.45) is 5.73 Å². The predicted octanol–water partition coefficient (Wildman–Crippen LogP) is 4.74. The molecular weight excluding hydrogens is 412 g/mol. The Bertz CT molecular complexity index is 1170. The summed E-state index contributed by atoms with van der Waals surface area (Å²) in [6.07, 6.45) is 3.09. The Morgan fingerprint density at radius 3 is 2.30 bits per heavy atom. The van der Waals surface area contributed by atoms with Crippen molar-refractivity contribution in [3.05, 3.63) is 83.4 Å². The molecule has 0 spiro atoms. The van der Waals surface area contributed by atoms with Gasteiger partial charge in [-0.1, -0.05) is 18.2 Å². The van der Waals surface area contributed by atoms with Crippen molar-refractivity contribution in [1.82, 2.24) is 0 Å². The number of rotatable bonds is 5. The van der Waals surface area contributed by atoms with Gasteiger partial charge in [0.2, 0.25) is 0 Å². The number of hydrogen-bond donors (Lipinski definition) is 3. The average Bonchev–Trinajstić information content (AvgIpc) is 3.24. The van der Waals surface area contributed by atoms with Gasteiger partial charge < -0.3 is 21.3 Å². The second-order valence-electron chi connectivity index (χ2n) is 8.75. The zero-order valence-electron chi connectivity index (χ0n) is 18.5. The number of piperidine rings is 1. The molecular formula is C27H28N4O2. The van der Waals surface area contributed by atoms with Gasteiger partial charge in [-0.3, -0.25) is 9.59 Å². The maximum Gasteiger partial charge on any atom is 0.255 e. The van der Waals surface area contributed by atoms with E-state index < -0.39 is 0 Å². The Balaban J connectivity index is 1.33. The zero-order chi connectivity index (χ0) is 22.8. The van der Waals surface area contributed by atoms with Gasteiger partial charge in [0.15, 0.2) is 5.78 Å². The van der Waals surface area contributed by atoms with Crippen LogP contribution in [0.1, 0.15) is 45.5 Å². The molecule has 6 nitrogen and oxygen atoms in total. The first-order chi connectivity index (χ1) is 16.1. The Kier molecular flexibility index (Phi) is 5.84. The first-order valence-electron chi connectivity index (χ1n) is 11.5. The number of anilines is 4. The van der Waals surface area contributed by atoms with E-state index in [2.05, 4.69) is 15.5 Å². The van der Waals surface area contributed by atoms with Gasteiger partial charge in [-0.15, -0.1) is 0 Å². The molecule has 6 heteroatoms. The standard InChI is InChI=1S/C27H28N4O2/c28-19-14-16-31(17-15-19)21-8-6-18(7-9-21)27(33)30-24-12-11-23(22-10-13-25(32)26(22)24)29-20-4-2-1-3-5-20/h1-9,11-12,19,29H,10,13-17,28H2,(H,30,33). The van der Waals surface area contributed by atoms with Crippen LogP contribution < -0.4 is 21.3 Å². The van der Waals surface area contributed by atoms with Gasteiger partial charge in [-0.25, -0.2) is 0 Å².